The monoisotopic (exact) mass is 253 g/mol. The van der Waals surface area contributed by atoms with Gasteiger partial charge in [-0.2, -0.15) is 0 Å². The predicted octanol–water partition coefficient (Wildman–Crippen LogP) is -0.706. The molecule has 0 bridgehead atoms. The normalized spacial score (nSPS) is 14.0. The number of carbonyl (C=O) groups is 1. The van der Waals surface area contributed by atoms with Crippen molar-refractivity contribution in [3.63, 3.8) is 0 Å². The van der Waals surface area contributed by atoms with Crippen LogP contribution in [0.15, 0.2) is 24.3 Å². The van der Waals surface area contributed by atoms with Crippen molar-refractivity contribution in [2.75, 3.05) is 13.6 Å². The molecule has 2 atom stereocenters. The van der Waals surface area contributed by atoms with E-state index in [1.54, 1.807) is 25.2 Å². The standard InChI is InChI=1S/C12H19N3O3/c1-14-6-5-10(16)11(17)8-3-2-4-9(7-8)12(18)15-13/h2-4,7,10-11,14,16-17H,5-6,13H2,1H3,(H,15,18). The summed E-state index contributed by atoms with van der Waals surface area (Å²) in [6.45, 7) is 0.598. The van der Waals surface area contributed by atoms with Gasteiger partial charge in [0.25, 0.3) is 5.91 Å². The van der Waals surface area contributed by atoms with Crippen molar-refractivity contribution in [2.24, 2.45) is 5.84 Å². The molecule has 0 saturated heterocycles. The molecule has 1 aromatic carbocycles. The second-order valence-corrected chi connectivity index (χ2v) is 4.00. The van der Waals surface area contributed by atoms with Gasteiger partial charge in [-0.3, -0.25) is 10.2 Å². The third-order valence-electron chi connectivity index (χ3n) is 2.68. The van der Waals surface area contributed by atoms with Crippen molar-refractivity contribution in [2.45, 2.75) is 18.6 Å². The van der Waals surface area contributed by atoms with E-state index in [1.807, 2.05) is 5.43 Å². The predicted molar refractivity (Wildman–Crippen MR) is 67.6 cm³/mol. The number of aliphatic hydroxyl groups is 2. The highest BCUT2D eigenvalue weighted by molar-refractivity contribution is 5.93. The van der Waals surface area contributed by atoms with Crippen molar-refractivity contribution < 1.29 is 15.0 Å². The summed E-state index contributed by atoms with van der Waals surface area (Å²) in [4.78, 5) is 11.3. The van der Waals surface area contributed by atoms with E-state index in [0.29, 0.717) is 24.1 Å². The van der Waals surface area contributed by atoms with Crippen LogP contribution in [0.1, 0.15) is 28.4 Å². The summed E-state index contributed by atoms with van der Waals surface area (Å²) in [6.07, 6.45) is -1.48. The SMILES string of the molecule is CNCCC(O)C(O)c1cccc(C(=O)NN)c1. The van der Waals surface area contributed by atoms with Gasteiger partial charge in [0.1, 0.15) is 6.10 Å². The van der Waals surface area contributed by atoms with Crippen LogP contribution in [0.4, 0.5) is 0 Å². The molecule has 18 heavy (non-hydrogen) atoms. The van der Waals surface area contributed by atoms with Gasteiger partial charge in [0.05, 0.1) is 6.10 Å². The minimum atomic E-state index is -1.02. The minimum absolute atomic E-state index is 0.342. The number of rotatable bonds is 6. The molecule has 6 N–H and O–H groups in total. The Bertz CT molecular complexity index is 398. The first-order valence-corrected chi connectivity index (χ1v) is 5.71. The zero-order chi connectivity index (χ0) is 13.5. The number of nitrogens with one attached hydrogen (secondary N) is 2. The van der Waals surface area contributed by atoms with Crippen molar-refractivity contribution in [3.05, 3.63) is 35.4 Å². The Kier molecular flexibility index (Phi) is 5.73. The molecule has 0 aliphatic carbocycles. The fourth-order valence-corrected chi connectivity index (χ4v) is 1.62. The zero-order valence-corrected chi connectivity index (χ0v) is 10.3. The molecule has 0 saturated carbocycles. The Hall–Kier alpha value is -1.47. The van der Waals surface area contributed by atoms with Crippen LogP contribution >= 0.6 is 0 Å². The molecule has 6 heteroatoms. The number of amides is 1. The molecule has 1 amide bonds. The lowest BCUT2D eigenvalue weighted by Crippen LogP contribution is -2.30. The lowest BCUT2D eigenvalue weighted by Gasteiger charge is -2.18. The van der Waals surface area contributed by atoms with Crippen molar-refractivity contribution in [1.82, 2.24) is 10.7 Å². The molecule has 0 radical (unpaired) electrons. The van der Waals surface area contributed by atoms with E-state index in [2.05, 4.69) is 5.32 Å². The average Bonchev–Trinajstić information content (AvgIpc) is 2.43. The minimum Gasteiger partial charge on any atom is -0.390 e. The van der Waals surface area contributed by atoms with Crippen molar-refractivity contribution >= 4 is 5.91 Å². The highest BCUT2D eigenvalue weighted by atomic mass is 16.3. The third-order valence-corrected chi connectivity index (χ3v) is 2.68. The number of hydrogen-bond donors (Lipinski definition) is 5. The first-order chi connectivity index (χ1) is 8.60. The summed E-state index contributed by atoms with van der Waals surface area (Å²) in [6, 6.07) is 6.38. The quantitative estimate of drug-likeness (QED) is 0.262. The fourth-order valence-electron chi connectivity index (χ4n) is 1.62. The van der Waals surface area contributed by atoms with E-state index < -0.39 is 18.1 Å². The zero-order valence-electron chi connectivity index (χ0n) is 10.3. The van der Waals surface area contributed by atoms with Gasteiger partial charge in [-0.15, -0.1) is 0 Å². The van der Waals surface area contributed by atoms with Crippen LogP contribution in [0.2, 0.25) is 0 Å². The Balaban J connectivity index is 2.79. The average molecular weight is 253 g/mol. The second kappa shape index (κ2) is 7.07. The lowest BCUT2D eigenvalue weighted by molar-refractivity contribution is 0.0140. The number of hydrazine groups is 1. The number of benzene rings is 1. The first kappa shape index (κ1) is 14.6. The van der Waals surface area contributed by atoms with Crippen LogP contribution in [0, 0.1) is 0 Å². The molecule has 1 aromatic rings. The number of nitrogen functional groups attached to an aromatic ring is 1. The summed E-state index contributed by atoms with van der Waals surface area (Å²) in [5, 5.41) is 22.6. The van der Waals surface area contributed by atoms with Crippen LogP contribution in [-0.4, -0.2) is 35.8 Å². The van der Waals surface area contributed by atoms with Gasteiger partial charge in [-0.25, -0.2) is 5.84 Å². The van der Waals surface area contributed by atoms with Crippen LogP contribution in [0.3, 0.4) is 0 Å². The number of carbonyl (C=O) groups excluding carboxylic acids is 1. The first-order valence-electron chi connectivity index (χ1n) is 5.71. The number of nitrogens with two attached hydrogens (primary N) is 1. The summed E-state index contributed by atoms with van der Waals surface area (Å²) in [5.74, 6) is 4.60. The molecule has 0 heterocycles. The molecular weight excluding hydrogens is 234 g/mol. The van der Waals surface area contributed by atoms with Gasteiger partial charge in [0.15, 0.2) is 0 Å². The van der Waals surface area contributed by atoms with E-state index in [4.69, 9.17) is 5.84 Å². The Morgan fingerprint density at radius 3 is 2.78 bits per heavy atom. The highest BCUT2D eigenvalue weighted by Crippen LogP contribution is 2.19. The Morgan fingerprint density at radius 1 is 1.44 bits per heavy atom. The van der Waals surface area contributed by atoms with E-state index >= 15 is 0 Å². The van der Waals surface area contributed by atoms with Gasteiger partial charge >= 0.3 is 0 Å². The van der Waals surface area contributed by atoms with Crippen molar-refractivity contribution in [3.8, 4) is 0 Å². The van der Waals surface area contributed by atoms with Crippen LogP contribution in [-0.2, 0) is 0 Å². The number of hydrogen-bond acceptors (Lipinski definition) is 5. The summed E-state index contributed by atoms with van der Waals surface area (Å²) in [7, 11) is 1.77. The summed E-state index contributed by atoms with van der Waals surface area (Å²) >= 11 is 0. The third kappa shape index (κ3) is 3.78. The molecule has 1 rings (SSSR count). The highest BCUT2D eigenvalue weighted by Gasteiger charge is 2.18. The van der Waals surface area contributed by atoms with Gasteiger partial charge in [0, 0.05) is 5.56 Å². The Morgan fingerprint density at radius 2 is 2.17 bits per heavy atom. The summed E-state index contributed by atoms with van der Waals surface area (Å²) in [5.41, 5.74) is 2.85. The van der Waals surface area contributed by atoms with Gasteiger partial charge in [0.2, 0.25) is 0 Å². The van der Waals surface area contributed by atoms with E-state index in [0.717, 1.165) is 0 Å². The maximum atomic E-state index is 11.3. The molecule has 6 nitrogen and oxygen atoms in total. The van der Waals surface area contributed by atoms with E-state index in [1.165, 1.54) is 6.07 Å². The molecule has 100 valence electrons. The molecule has 2 unspecified atom stereocenters. The van der Waals surface area contributed by atoms with Gasteiger partial charge < -0.3 is 15.5 Å². The van der Waals surface area contributed by atoms with E-state index in [9.17, 15) is 15.0 Å². The van der Waals surface area contributed by atoms with E-state index in [-0.39, 0.29) is 0 Å². The van der Waals surface area contributed by atoms with Crippen molar-refractivity contribution in [1.29, 1.82) is 0 Å². The lowest BCUT2D eigenvalue weighted by atomic mass is 10.00. The molecule has 0 spiro atoms. The smallest absolute Gasteiger partial charge is 0.265 e. The maximum Gasteiger partial charge on any atom is 0.265 e. The molecule has 0 aromatic heterocycles. The molecular formula is C12H19N3O3. The molecule has 0 fully saturated rings. The summed E-state index contributed by atoms with van der Waals surface area (Å²) < 4.78 is 0. The number of aliphatic hydroxyl groups excluding tert-OH is 2. The van der Waals surface area contributed by atoms with Gasteiger partial charge in [-0.05, 0) is 37.7 Å². The second-order valence-electron chi connectivity index (χ2n) is 4.00. The fraction of sp³-hybridized carbons (Fsp3) is 0.417. The topological polar surface area (TPSA) is 108 Å². The molecule has 0 aliphatic rings. The van der Waals surface area contributed by atoms with Gasteiger partial charge in [-0.1, -0.05) is 12.1 Å². The maximum absolute atomic E-state index is 11.3. The van der Waals surface area contributed by atoms with Crippen LogP contribution in [0.25, 0.3) is 0 Å². The molecule has 0 aliphatic heterocycles. The van der Waals surface area contributed by atoms with Crippen LogP contribution < -0.4 is 16.6 Å². The van der Waals surface area contributed by atoms with Crippen LogP contribution in [0.5, 0.6) is 0 Å². The Labute approximate surface area is 106 Å². The largest absolute Gasteiger partial charge is 0.390 e.